The molecular weight excluding hydrogens is 320 g/mol. The van der Waals surface area contributed by atoms with Crippen molar-refractivity contribution >= 4 is 11.8 Å². The monoisotopic (exact) mass is 344 g/mol. The van der Waals surface area contributed by atoms with Gasteiger partial charge in [0, 0.05) is 12.8 Å². The average Bonchev–Trinajstić information content (AvgIpc) is 3.12. The summed E-state index contributed by atoms with van der Waals surface area (Å²) < 4.78 is 17.2. The van der Waals surface area contributed by atoms with E-state index in [0.29, 0.717) is 38.9 Å². The third-order valence-corrected chi connectivity index (χ3v) is 6.07. The first-order valence-corrected chi connectivity index (χ1v) is 8.99. The second kappa shape index (κ2) is 5.64. The van der Waals surface area contributed by atoms with Crippen LogP contribution in [0.1, 0.15) is 53.9 Å². The SMILES string of the molecule is Cc1cc(C)c(C2C(=O)OC3(CCC4(CC3)OCCO4)C2=O)cc1C. The van der Waals surface area contributed by atoms with E-state index in [4.69, 9.17) is 14.2 Å². The number of rotatable bonds is 1. The van der Waals surface area contributed by atoms with Crippen LogP contribution in [0.25, 0.3) is 0 Å². The van der Waals surface area contributed by atoms with Crippen molar-refractivity contribution < 1.29 is 23.8 Å². The Bertz CT molecular complexity index is 735. The Balaban J connectivity index is 1.62. The topological polar surface area (TPSA) is 61.8 Å². The maximum Gasteiger partial charge on any atom is 0.322 e. The van der Waals surface area contributed by atoms with Crippen molar-refractivity contribution in [3.05, 3.63) is 34.4 Å². The molecule has 2 saturated heterocycles. The van der Waals surface area contributed by atoms with Crippen LogP contribution in [0, 0.1) is 20.8 Å². The fraction of sp³-hybridized carbons (Fsp3) is 0.600. The Labute approximate surface area is 147 Å². The number of ketones is 1. The molecule has 2 spiro atoms. The van der Waals surface area contributed by atoms with Crippen LogP contribution in [-0.4, -0.2) is 36.4 Å². The Hall–Kier alpha value is -1.72. The van der Waals surface area contributed by atoms with Crippen LogP contribution in [0.4, 0.5) is 0 Å². The molecule has 5 heteroatoms. The van der Waals surface area contributed by atoms with Crippen molar-refractivity contribution in [2.45, 2.75) is 63.8 Å². The van der Waals surface area contributed by atoms with E-state index in [9.17, 15) is 9.59 Å². The molecule has 4 rings (SSSR count). The molecule has 0 bridgehead atoms. The quantitative estimate of drug-likeness (QED) is 0.579. The number of hydrogen-bond donors (Lipinski definition) is 0. The summed E-state index contributed by atoms with van der Waals surface area (Å²) >= 11 is 0. The molecule has 1 aromatic rings. The standard InChI is InChI=1S/C20H24O5/c1-12-10-14(3)15(11-13(12)2)16-17(21)19(25-18(16)22)4-6-20(7-5-19)23-8-9-24-20/h10-11,16H,4-9H2,1-3H3. The second-order valence-corrected chi connectivity index (χ2v) is 7.61. The summed E-state index contributed by atoms with van der Waals surface area (Å²) in [6.45, 7) is 7.16. The molecular formula is C20H24O5. The average molecular weight is 344 g/mol. The van der Waals surface area contributed by atoms with Gasteiger partial charge in [-0.1, -0.05) is 12.1 Å². The minimum Gasteiger partial charge on any atom is -0.450 e. The lowest BCUT2D eigenvalue weighted by atomic mass is 9.75. The molecule has 2 aliphatic heterocycles. The molecule has 0 radical (unpaired) electrons. The van der Waals surface area contributed by atoms with Gasteiger partial charge in [0.25, 0.3) is 0 Å². The smallest absolute Gasteiger partial charge is 0.322 e. The number of ether oxygens (including phenoxy) is 3. The van der Waals surface area contributed by atoms with Gasteiger partial charge in [0.05, 0.1) is 13.2 Å². The first-order chi connectivity index (χ1) is 11.9. The Kier molecular flexibility index (Phi) is 3.78. The molecule has 25 heavy (non-hydrogen) atoms. The Morgan fingerprint density at radius 2 is 1.48 bits per heavy atom. The van der Waals surface area contributed by atoms with Crippen LogP contribution >= 0.6 is 0 Å². The van der Waals surface area contributed by atoms with E-state index in [0.717, 1.165) is 22.3 Å². The van der Waals surface area contributed by atoms with Crippen LogP contribution in [0.15, 0.2) is 12.1 Å². The van der Waals surface area contributed by atoms with Gasteiger partial charge in [0.1, 0.15) is 5.92 Å². The normalized spacial score (nSPS) is 27.2. The zero-order valence-corrected chi connectivity index (χ0v) is 15.0. The Morgan fingerprint density at radius 3 is 2.12 bits per heavy atom. The van der Waals surface area contributed by atoms with E-state index in [1.165, 1.54) is 0 Å². The van der Waals surface area contributed by atoms with Gasteiger partial charge in [-0.05, 0) is 55.9 Å². The molecule has 134 valence electrons. The van der Waals surface area contributed by atoms with Crippen LogP contribution in [0.3, 0.4) is 0 Å². The van der Waals surface area contributed by atoms with Gasteiger partial charge in [-0.2, -0.15) is 0 Å². The van der Waals surface area contributed by atoms with E-state index < -0.39 is 23.3 Å². The van der Waals surface area contributed by atoms with E-state index in [2.05, 4.69) is 0 Å². The van der Waals surface area contributed by atoms with Crippen molar-refractivity contribution in [1.29, 1.82) is 0 Å². The molecule has 3 aliphatic rings. The highest BCUT2D eigenvalue weighted by atomic mass is 16.7. The number of esters is 1. The highest BCUT2D eigenvalue weighted by Gasteiger charge is 2.59. The number of carbonyl (C=O) groups excluding carboxylic acids is 2. The molecule has 2 heterocycles. The number of Topliss-reactive ketones (excluding diaryl/α,β-unsaturated/α-hetero) is 1. The molecule has 0 amide bonds. The van der Waals surface area contributed by atoms with Gasteiger partial charge in [0.2, 0.25) is 0 Å². The number of carbonyl (C=O) groups is 2. The largest absolute Gasteiger partial charge is 0.450 e. The zero-order valence-electron chi connectivity index (χ0n) is 15.0. The van der Waals surface area contributed by atoms with Crippen LogP contribution in [0.2, 0.25) is 0 Å². The fourth-order valence-electron chi connectivity index (χ4n) is 4.40. The minimum atomic E-state index is -1.01. The van der Waals surface area contributed by atoms with E-state index in [1.807, 2.05) is 32.9 Å². The third-order valence-electron chi connectivity index (χ3n) is 6.07. The summed E-state index contributed by atoms with van der Waals surface area (Å²) in [6.07, 6.45) is 2.12. The molecule has 1 aromatic carbocycles. The van der Waals surface area contributed by atoms with Crippen molar-refractivity contribution in [3.63, 3.8) is 0 Å². The lowest BCUT2D eigenvalue weighted by Crippen LogP contribution is -2.47. The molecule has 5 nitrogen and oxygen atoms in total. The maximum atomic E-state index is 13.2. The van der Waals surface area contributed by atoms with E-state index in [-0.39, 0.29) is 5.78 Å². The summed E-state index contributed by atoms with van der Waals surface area (Å²) in [5.74, 6) is -1.90. The van der Waals surface area contributed by atoms with Crippen molar-refractivity contribution in [2.75, 3.05) is 13.2 Å². The summed E-state index contributed by atoms with van der Waals surface area (Å²) in [4.78, 5) is 25.8. The summed E-state index contributed by atoms with van der Waals surface area (Å²) in [6, 6.07) is 3.99. The molecule has 1 aliphatic carbocycles. The zero-order chi connectivity index (χ0) is 17.8. The molecule has 1 saturated carbocycles. The van der Waals surface area contributed by atoms with Gasteiger partial charge in [-0.3, -0.25) is 9.59 Å². The van der Waals surface area contributed by atoms with Gasteiger partial charge in [-0.15, -0.1) is 0 Å². The first-order valence-electron chi connectivity index (χ1n) is 8.99. The lowest BCUT2D eigenvalue weighted by molar-refractivity contribution is -0.204. The number of benzene rings is 1. The highest BCUT2D eigenvalue weighted by molar-refractivity contribution is 6.13. The van der Waals surface area contributed by atoms with E-state index in [1.54, 1.807) is 0 Å². The van der Waals surface area contributed by atoms with Crippen molar-refractivity contribution in [2.24, 2.45) is 0 Å². The number of hydrogen-bond acceptors (Lipinski definition) is 5. The van der Waals surface area contributed by atoms with Gasteiger partial charge in [-0.25, -0.2) is 0 Å². The molecule has 1 unspecified atom stereocenters. The third kappa shape index (κ3) is 2.52. The molecule has 1 atom stereocenters. The fourth-order valence-corrected chi connectivity index (χ4v) is 4.40. The highest BCUT2D eigenvalue weighted by Crippen LogP contribution is 2.48. The second-order valence-electron chi connectivity index (χ2n) is 7.61. The van der Waals surface area contributed by atoms with Crippen molar-refractivity contribution in [3.8, 4) is 0 Å². The van der Waals surface area contributed by atoms with Gasteiger partial charge >= 0.3 is 5.97 Å². The van der Waals surface area contributed by atoms with Gasteiger partial charge in [0.15, 0.2) is 17.2 Å². The minimum absolute atomic E-state index is 0.100. The molecule has 3 fully saturated rings. The first kappa shape index (κ1) is 16.7. The molecule has 0 N–H and O–H groups in total. The predicted octanol–water partition coefficient (Wildman–Crippen LogP) is 2.88. The van der Waals surface area contributed by atoms with E-state index >= 15 is 0 Å². The lowest BCUT2D eigenvalue weighted by Gasteiger charge is -2.39. The van der Waals surface area contributed by atoms with Gasteiger partial charge < -0.3 is 14.2 Å². The van der Waals surface area contributed by atoms with Crippen molar-refractivity contribution in [1.82, 2.24) is 0 Å². The molecule has 0 aromatic heterocycles. The summed E-state index contributed by atoms with van der Waals surface area (Å²) in [5, 5.41) is 0. The Morgan fingerprint density at radius 1 is 0.880 bits per heavy atom. The van der Waals surface area contributed by atoms with Crippen LogP contribution < -0.4 is 0 Å². The van der Waals surface area contributed by atoms with Crippen LogP contribution in [-0.2, 0) is 23.8 Å². The maximum absolute atomic E-state index is 13.2. The van der Waals surface area contributed by atoms with Crippen LogP contribution in [0.5, 0.6) is 0 Å². The number of aryl methyl sites for hydroxylation is 3. The predicted molar refractivity (Wildman–Crippen MR) is 90.3 cm³/mol. The summed E-state index contributed by atoms with van der Waals surface area (Å²) in [5.41, 5.74) is 2.98. The summed E-state index contributed by atoms with van der Waals surface area (Å²) in [7, 11) is 0.